The molecule has 130 valence electrons. The maximum absolute atomic E-state index is 13.0. The fourth-order valence-corrected chi connectivity index (χ4v) is 4.13. The Balaban J connectivity index is 1.63. The average molecular weight is 341 g/mol. The molecule has 7 heteroatoms. The second-order valence-electron chi connectivity index (χ2n) is 6.73. The summed E-state index contributed by atoms with van der Waals surface area (Å²) in [6.45, 7) is 0. The molecule has 0 bridgehead atoms. The van der Waals surface area contributed by atoms with Gasteiger partial charge in [0.15, 0.2) is 11.5 Å². The molecule has 2 aromatic rings. The van der Waals surface area contributed by atoms with Gasteiger partial charge in [0.05, 0.1) is 0 Å². The van der Waals surface area contributed by atoms with E-state index in [1.54, 1.807) is 24.5 Å². The highest BCUT2D eigenvalue weighted by Crippen LogP contribution is 2.40. The van der Waals surface area contributed by atoms with Crippen LogP contribution in [0.1, 0.15) is 42.6 Å². The zero-order valence-corrected chi connectivity index (χ0v) is 13.7. The zero-order valence-electron chi connectivity index (χ0n) is 13.7. The molecular weight excluding hydrogens is 322 g/mol. The number of carbonyl (C=O) groups is 2. The maximum atomic E-state index is 13.0. The number of aliphatic carboxylic acids is 1. The van der Waals surface area contributed by atoms with Gasteiger partial charge in [0.1, 0.15) is 6.04 Å². The van der Waals surface area contributed by atoms with E-state index in [-0.39, 0.29) is 23.6 Å². The zero-order chi connectivity index (χ0) is 17.4. The van der Waals surface area contributed by atoms with Crippen LogP contribution in [0, 0.1) is 5.92 Å². The number of carboxylic acid groups (broad SMARTS) is 1. The molecule has 3 atom stereocenters. The Bertz CT molecular complexity index is 789. The van der Waals surface area contributed by atoms with E-state index in [0.717, 1.165) is 31.2 Å². The Morgan fingerprint density at radius 1 is 1.28 bits per heavy atom. The van der Waals surface area contributed by atoms with Crippen LogP contribution >= 0.6 is 0 Å². The summed E-state index contributed by atoms with van der Waals surface area (Å²) >= 11 is 0. The van der Waals surface area contributed by atoms with Gasteiger partial charge in [0.2, 0.25) is 0 Å². The standard InChI is InChI=1S/C18H19N3O4/c22-17(13-9-16(25-20-13)12-5-3-7-19-10-12)21-14-6-2-1-4-11(14)8-15(21)18(23)24/h3,5,7,9-11,14-15H,1-2,4,6,8H2,(H,23,24). The summed E-state index contributed by atoms with van der Waals surface area (Å²) in [6.07, 6.45) is 7.77. The van der Waals surface area contributed by atoms with Gasteiger partial charge in [-0.2, -0.15) is 0 Å². The molecule has 2 aliphatic rings. The summed E-state index contributed by atoms with van der Waals surface area (Å²) < 4.78 is 5.28. The van der Waals surface area contributed by atoms with Crippen LogP contribution in [0.15, 0.2) is 35.1 Å². The molecule has 25 heavy (non-hydrogen) atoms. The highest BCUT2D eigenvalue weighted by molar-refractivity contribution is 5.96. The minimum Gasteiger partial charge on any atom is -0.480 e. The predicted octanol–water partition coefficient (Wildman–Crippen LogP) is 2.59. The summed E-state index contributed by atoms with van der Waals surface area (Å²) in [5.41, 5.74) is 0.872. The number of aromatic nitrogens is 2. The lowest BCUT2D eigenvalue weighted by Crippen LogP contribution is -2.46. The fraction of sp³-hybridized carbons (Fsp3) is 0.444. The Hall–Kier alpha value is -2.70. The van der Waals surface area contributed by atoms with Crippen LogP contribution in [0.5, 0.6) is 0 Å². The normalized spacial score (nSPS) is 25.6. The van der Waals surface area contributed by atoms with Gasteiger partial charge < -0.3 is 14.5 Å². The minimum atomic E-state index is -0.946. The molecule has 0 radical (unpaired) electrons. The Morgan fingerprint density at radius 3 is 2.88 bits per heavy atom. The molecule has 1 aliphatic carbocycles. The topological polar surface area (TPSA) is 96.5 Å². The highest BCUT2D eigenvalue weighted by Gasteiger charge is 2.48. The third-order valence-corrected chi connectivity index (χ3v) is 5.28. The van der Waals surface area contributed by atoms with Crippen molar-refractivity contribution in [3.05, 3.63) is 36.3 Å². The van der Waals surface area contributed by atoms with Crippen molar-refractivity contribution in [2.45, 2.75) is 44.2 Å². The molecule has 0 spiro atoms. The summed E-state index contributed by atoms with van der Waals surface area (Å²) in [5.74, 6) is -0.592. The number of fused-ring (bicyclic) bond motifs is 1. The number of pyridine rings is 1. The number of nitrogens with zero attached hydrogens (tertiary/aromatic N) is 3. The largest absolute Gasteiger partial charge is 0.480 e. The van der Waals surface area contributed by atoms with Gasteiger partial charge in [0, 0.05) is 30.1 Å². The molecule has 1 amide bonds. The molecule has 2 aromatic heterocycles. The summed E-state index contributed by atoms with van der Waals surface area (Å²) in [5, 5.41) is 13.4. The number of rotatable bonds is 3. The maximum Gasteiger partial charge on any atom is 0.326 e. The monoisotopic (exact) mass is 341 g/mol. The Labute approximate surface area is 144 Å². The van der Waals surface area contributed by atoms with Crippen molar-refractivity contribution in [2.24, 2.45) is 5.92 Å². The van der Waals surface area contributed by atoms with E-state index in [2.05, 4.69) is 10.1 Å². The molecule has 3 heterocycles. The molecule has 1 N–H and O–H groups in total. The van der Waals surface area contributed by atoms with Gasteiger partial charge in [-0.05, 0) is 37.3 Å². The molecule has 4 rings (SSSR count). The van der Waals surface area contributed by atoms with Gasteiger partial charge in [0.25, 0.3) is 5.91 Å². The van der Waals surface area contributed by atoms with Crippen LogP contribution in [0.2, 0.25) is 0 Å². The van der Waals surface area contributed by atoms with Gasteiger partial charge in [-0.1, -0.05) is 18.0 Å². The molecule has 1 saturated heterocycles. The molecule has 3 unspecified atom stereocenters. The van der Waals surface area contributed by atoms with Crippen LogP contribution in [0.3, 0.4) is 0 Å². The molecule has 0 aromatic carbocycles. The fourth-order valence-electron chi connectivity index (χ4n) is 4.13. The average Bonchev–Trinajstić information content (AvgIpc) is 3.27. The van der Waals surface area contributed by atoms with E-state index in [1.165, 1.54) is 4.90 Å². The molecule has 2 fully saturated rings. The van der Waals surface area contributed by atoms with E-state index < -0.39 is 12.0 Å². The first-order chi connectivity index (χ1) is 12.1. The molecule has 7 nitrogen and oxygen atoms in total. The lowest BCUT2D eigenvalue weighted by atomic mass is 9.84. The third-order valence-electron chi connectivity index (χ3n) is 5.28. The third kappa shape index (κ3) is 2.79. The second kappa shape index (κ2) is 6.31. The van der Waals surface area contributed by atoms with E-state index >= 15 is 0 Å². The number of hydrogen-bond donors (Lipinski definition) is 1. The first-order valence-corrected chi connectivity index (χ1v) is 8.57. The van der Waals surface area contributed by atoms with Crippen molar-refractivity contribution in [3.63, 3.8) is 0 Å². The number of hydrogen-bond acceptors (Lipinski definition) is 5. The minimum absolute atomic E-state index is 0.0131. The van der Waals surface area contributed by atoms with Gasteiger partial charge >= 0.3 is 5.97 Å². The van der Waals surface area contributed by atoms with Crippen molar-refractivity contribution in [1.29, 1.82) is 0 Å². The van der Waals surface area contributed by atoms with Gasteiger partial charge in [-0.25, -0.2) is 4.79 Å². The summed E-state index contributed by atoms with van der Waals surface area (Å²) in [7, 11) is 0. The summed E-state index contributed by atoms with van der Waals surface area (Å²) in [6, 6.07) is 4.36. The van der Waals surface area contributed by atoms with E-state index in [1.807, 2.05) is 6.07 Å². The number of likely N-dealkylation sites (tertiary alicyclic amines) is 1. The lowest BCUT2D eigenvalue weighted by Gasteiger charge is -2.32. The number of carboxylic acids is 1. The van der Waals surface area contributed by atoms with Crippen molar-refractivity contribution in [1.82, 2.24) is 15.0 Å². The lowest BCUT2D eigenvalue weighted by molar-refractivity contribution is -0.141. The predicted molar refractivity (Wildman–Crippen MR) is 87.7 cm³/mol. The van der Waals surface area contributed by atoms with Crippen molar-refractivity contribution >= 4 is 11.9 Å². The molecule has 1 saturated carbocycles. The van der Waals surface area contributed by atoms with Crippen LogP contribution in [0.4, 0.5) is 0 Å². The van der Waals surface area contributed by atoms with Crippen LogP contribution < -0.4 is 0 Å². The molecular formula is C18H19N3O4. The van der Waals surface area contributed by atoms with E-state index in [9.17, 15) is 14.7 Å². The van der Waals surface area contributed by atoms with Crippen LogP contribution in [-0.4, -0.2) is 44.1 Å². The van der Waals surface area contributed by atoms with Crippen LogP contribution in [0.25, 0.3) is 11.3 Å². The van der Waals surface area contributed by atoms with Crippen molar-refractivity contribution in [2.75, 3.05) is 0 Å². The smallest absolute Gasteiger partial charge is 0.326 e. The first kappa shape index (κ1) is 15.8. The Morgan fingerprint density at radius 2 is 2.12 bits per heavy atom. The Kier molecular flexibility index (Phi) is 3.99. The number of carbonyl (C=O) groups excluding carboxylic acids is 1. The van der Waals surface area contributed by atoms with Gasteiger partial charge in [-0.3, -0.25) is 9.78 Å². The van der Waals surface area contributed by atoms with Gasteiger partial charge in [-0.15, -0.1) is 0 Å². The number of amides is 1. The second-order valence-corrected chi connectivity index (χ2v) is 6.73. The van der Waals surface area contributed by atoms with E-state index in [4.69, 9.17) is 4.52 Å². The van der Waals surface area contributed by atoms with Crippen molar-refractivity contribution < 1.29 is 19.2 Å². The van der Waals surface area contributed by atoms with Crippen molar-refractivity contribution in [3.8, 4) is 11.3 Å². The first-order valence-electron chi connectivity index (χ1n) is 8.57. The van der Waals surface area contributed by atoms with Crippen LogP contribution in [-0.2, 0) is 4.79 Å². The quantitative estimate of drug-likeness (QED) is 0.922. The SMILES string of the molecule is O=C(O)C1CC2CCCCC2N1C(=O)c1cc(-c2cccnc2)on1. The highest BCUT2D eigenvalue weighted by atomic mass is 16.5. The molecule has 1 aliphatic heterocycles. The summed E-state index contributed by atoms with van der Waals surface area (Å²) in [4.78, 5) is 30.2. The van der Waals surface area contributed by atoms with E-state index in [0.29, 0.717) is 12.2 Å².